The number of hydrogen-bond donors (Lipinski definition) is 3. The molecule has 0 bridgehead atoms. The first-order valence-corrected chi connectivity index (χ1v) is 10.0. The van der Waals surface area contributed by atoms with E-state index in [9.17, 15) is 18.3 Å². The highest BCUT2D eigenvalue weighted by Gasteiger charge is 2.64. The van der Waals surface area contributed by atoms with Gasteiger partial charge in [-0.05, 0) is 61.3 Å². The summed E-state index contributed by atoms with van der Waals surface area (Å²) in [5, 5.41) is 13.1. The number of amides is 1. The van der Waals surface area contributed by atoms with Gasteiger partial charge >= 0.3 is 0 Å². The van der Waals surface area contributed by atoms with Gasteiger partial charge in [-0.1, -0.05) is 13.8 Å². The smallest absolute Gasteiger partial charge is 0.241 e. The van der Waals surface area contributed by atoms with Crippen molar-refractivity contribution in [3.63, 3.8) is 0 Å². The van der Waals surface area contributed by atoms with Gasteiger partial charge in [-0.25, -0.2) is 13.1 Å². The van der Waals surface area contributed by atoms with Gasteiger partial charge in [0.05, 0.1) is 16.5 Å². The number of nitrogens with one attached hydrogen (secondary N) is 2. The van der Waals surface area contributed by atoms with E-state index in [1.807, 2.05) is 0 Å². The van der Waals surface area contributed by atoms with Crippen LogP contribution in [0.3, 0.4) is 0 Å². The van der Waals surface area contributed by atoms with Gasteiger partial charge in [0.15, 0.2) is 0 Å². The lowest BCUT2D eigenvalue weighted by Gasteiger charge is -2.38. The first-order valence-electron chi connectivity index (χ1n) is 8.55. The van der Waals surface area contributed by atoms with E-state index >= 15 is 0 Å². The molecule has 138 valence electrons. The molecule has 0 radical (unpaired) electrons. The topological polar surface area (TPSA) is 95.5 Å². The Kier molecular flexibility index (Phi) is 4.25. The molecule has 0 saturated heterocycles. The van der Waals surface area contributed by atoms with Crippen molar-refractivity contribution in [2.75, 3.05) is 5.32 Å². The van der Waals surface area contributed by atoms with E-state index in [1.54, 1.807) is 19.1 Å². The molecule has 25 heavy (non-hydrogen) atoms. The average Bonchev–Trinajstić information content (AvgIpc) is 2.98. The van der Waals surface area contributed by atoms with Crippen molar-refractivity contribution in [3.05, 3.63) is 24.3 Å². The Bertz CT molecular complexity index is 788. The predicted octanol–water partition coefficient (Wildman–Crippen LogP) is 2.11. The Hall–Kier alpha value is -1.44. The zero-order valence-corrected chi connectivity index (χ0v) is 15.9. The van der Waals surface area contributed by atoms with Gasteiger partial charge in [0.25, 0.3) is 0 Å². The minimum absolute atomic E-state index is 0.118. The molecule has 2 aliphatic carbocycles. The van der Waals surface area contributed by atoms with Crippen molar-refractivity contribution >= 4 is 21.6 Å². The highest BCUT2D eigenvalue weighted by atomic mass is 32.2. The predicted molar refractivity (Wildman–Crippen MR) is 95.5 cm³/mol. The molecule has 3 rings (SSSR count). The summed E-state index contributed by atoms with van der Waals surface area (Å²) in [4.78, 5) is 11.2. The Morgan fingerprint density at radius 1 is 1.16 bits per heavy atom. The fourth-order valence-electron chi connectivity index (χ4n) is 4.22. The van der Waals surface area contributed by atoms with Gasteiger partial charge in [0.2, 0.25) is 15.9 Å². The number of rotatable bonds is 4. The van der Waals surface area contributed by atoms with Crippen LogP contribution in [0.25, 0.3) is 0 Å². The molecule has 4 atom stereocenters. The van der Waals surface area contributed by atoms with E-state index in [-0.39, 0.29) is 16.2 Å². The standard InChI is InChI=1S/C18H26N2O4S/c1-11(21)19-12-5-7-13(8-6-12)25(23,24)20-18(4)10-15-14(9-16(18)22)17(15,2)3/h5-8,14-16,20,22H,9-10H2,1-4H3,(H,19,21)/t14-,15+,16+,18+/m1/s1. The molecule has 1 amide bonds. The number of carbonyl (C=O) groups excluding carboxylic acids is 1. The third-order valence-electron chi connectivity index (χ3n) is 6.00. The number of carbonyl (C=O) groups is 1. The molecule has 1 aromatic carbocycles. The number of sulfonamides is 1. The van der Waals surface area contributed by atoms with Crippen LogP contribution in [0.15, 0.2) is 29.2 Å². The van der Waals surface area contributed by atoms with Crippen molar-refractivity contribution in [1.29, 1.82) is 0 Å². The normalized spacial score (nSPS) is 33.4. The molecule has 7 heteroatoms. The largest absolute Gasteiger partial charge is 0.391 e. The third-order valence-corrected chi connectivity index (χ3v) is 7.62. The van der Waals surface area contributed by atoms with Gasteiger partial charge in [-0.3, -0.25) is 4.79 Å². The van der Waals surface area contributed by atoms with E-state index < -0.39 is 21.7 Å². The van der Waals surface area contributed by atoms with Gasteiger partial charge in [0, 0.05) is 12.6 Å². The number of benzene rings is 1. The SMILES string of the molecule is CC(=O)Nc1ccc(S(=O)(=O)N[C@@]2(C)C[C@H]3[C@@H](C[C@@H]2O)C3(C)C)cc1. The van der Waals surface area contributed by atoms with E-state index in [2.05, 4.69) is 23.9 Å². The summed E-state index contributed by atoms with van der Waals surface area (Å²) in [5.41, 5.74) is -0.160. The van der Waals surface area contributed by atoms with Crippen molar-refractivity contribution < 1.29 is 18.3 Å². The molecule has 0 spiro atoms. The molecule has 6 nitrogen and oxygen atoms in total. The molecule has 2 fully saturated rings. The quantitative estimate of drug-likeness (QED) is 0.760. The molecule has 0 aromatic heterocycles. The minimum atomic E-state index is -3.76. The summed E-state index contributed by atoms with van der Waals surface area (Å²) < 4.78 is 28.2. The molecule has 0 aliphatic heterocycles. The zero-order chi connectivity index (χ0) is 18.6. The van der Waals surface area contributed by atoms with E-state index in [1.165, 1.54) is 19.1 Å². The highest BCUT2D eigenvalue weighted by Crippen LogP contribution is 2.66. The minimum Gasteiger partial charge on any atom is -0.391 e. The molecule has 2 saturated carbocycles. The van der Waals surface area contributed by atoms with Crippen molar-refractivity contribution in [2.45, 2.75) is 57.1 Å². The number of fused-ring (bicyclic) bond motifs is 1. The van der Waals surface area contributed by atoms with E-state index in [0.29, 0.717) is 30.4 Å². The molecule has 2 aliphatic rings. The summed E-state index contributed by atoms with van der Waals surface area (Å²) in [5.74, 6) is 0.691. The van der Waals surface area contributed by atoms with Crippen LogP contribution in [-0.2, 0) is 14.8 Å². The second-order valence-corrected chi connectivity index (χ2v) is 9.90. The lowest BCUT2D eigenvalue weighted by molar-refractivity contribution is -0.114. The van der Waals surface area contributed by atoms with Crippen LogP contribution < -0.4 is 10.0 Å². The summed E-state index contributed by atoms with van der Waals surface area (Å²) in [7, 11) is -3.76. The maximum absolute atomic E-state index is 12.8. The van der Waals surface area contributed by atoms with Crippen LogP contribution in [0.1, 0.15) is 40.5 Å². The van der Waals surface area contributed by atoms with Crippen LogP contribution >= 0.6 is 0 Å². The molecule has 0 unspecified atom stereocenters. The highest BCUT2D eigenvalue weighted by molar-refractivity contribution is 7.89. The van der Waals surface area contributed by atoms with Gasteiger partial charge in [-0.2, -0.15) is 0 Å². The second kappa shape index (κ2) is 5.79. The number of aliphatic hydroxyl groups excluding tert-OH is 1. The van der Waals surface area contributed by atoms with E-state index in [4.69, 9.17) is 0 Å². The zero-order valence-electron chi connectivity index (χ0n) is 15.0. The fraction of sp³-hybridized carbons (Fsp3) is 0.611. The fourth-order valence-corrected chi connectivity index (χ4v) is 5.67. The van der Waals surface area contributed by atoms with Gasteiger partial charge < -0.3 is 10.4 Å². The maximum atomic E-state index is 12.8. The first-order chi connectivity index (χ1) is 11.5. The van der Waals surface area contributed by atoms with Gasteiger partial charge in [0.1, 0.15) is 0 Å². The number of anilines is 1. The molecular formula is C18H26N2O4S. The Balaban J connectivity index is 1.78. The Morgan fingerprint density at radius 3 is 2.32 bits per heavy atom. The van der Waals surface area contributed by atoms with Gasteiger partial charge in [-0.15, -0.1) is 0 Å². The maximum Gasteiger partial charge on any atom is 0.241 e. The van der Waals surface area contributed by atoms with Crippen LogP contribution in [0.4, 0.5) is 5.69 Å². The second-order valence-electron chi connectivity index (χ2n) is 8.22. The summed E-state index contributed by atoms with van der Waals surface area (Å²) in [6, 6.07) is 6.01. The molecule has 3 N–H and O–H groups in total. The van der Waals surface area contributed by atoms with Crippen molar-refractivity contribution in [1.82, 2.24) is 4.72 Å². The summed E-state index contributed by atoms with van der Waals surface area (Å²) in [6.07, 6.45) is 0.552. The number of aliphatic hydroxyl groups is 1. The lowest BCUT2D eigenvalue weighted by atomic mass is 9.82. The third kappa shape index (κ3) is 3.32. The Labute approximate surface area is 149 Å². The van der Waals surface area contributed by atoms with Crippen LogP contribution in [0.2, 0.25) is 0 Å². The van der Waals surface area contributed by atoms with Crippen molar-refractivity contribution in [3.8, 4) is 0 Å². The molecular weight excluding hydrogens is 340 g/mol. The van der Waals surface area contributed by atoms with Crippen LogP contribution in [-0.4, -0.2) is 31.1 Å². The number of hydrogen-bond acceptors (Lipinski definition) is 4. The van der Waals surface area contributed by atoms with Crippen LogP contribution in [0.5, 0.6) is 0 Å². The summed E-state index contributed by atoms with van der Waals surface area (Å²) in [6.45, 7) is 7.53. The van der Waals surface area contributed by atoms with E-state index in [0.717, 1.165) is 0 Å². The van der Waals surface area contributed by atoms with Crippen LogP contribution in [0, 0.1) is 17.3 Å². The van der Waals surface area contributed by atoms with Crippen molar-refractivity contribution in [2.24, 2.45) is 17.3 Å². The average molecular weight is 366 g/mol. The molecule has 1 aromatic rings. The summed E-state index contributed by atoms with van der Waals surface area (Å²) >= 11 is 0. The lowest BCUT2D eigenvalue weighted by Crippen LogP contribution is -2.56. The monoisotopic (exact) mass is 366 g/mol. The Morgan fingerprint density at radius 2 is 1.76 bits per heavy atom. The molecule has 0 heterocycles. The first kappa shape index (κ1) is 18.4.